The Morgan fingerprint density at radius 2 is 1.73 bits per heavy atom. The number of amides is 1. The van der Waals surface area contributed by atoms with Gasteiger partial charge in [-0.2, -0.15) is 0 Å². The zero-order valence-electron chi connectivity index (χ0n) is 25.7. The number of nitrogens with one attached hydrogen (secondary N) is 1. The Balaban J connectivity index is 1.91. The minimum Gasteiger partial charge on any atom is -0.497 e. The monoisotopic (exact) mass is 619 g/mol. The van der Waals surface area contributed by atoms with Gasteiger partial charge in [-0.15, -0.1) is 0 Å². The van der Waals surface area contributed by atoms with E-state index in [0.29, 0.717) is 50.8 Å². The predicted molar refractivity (Wildman–Crippen MR) is 168 cm³/mol. The first-order chi connectivity index (χ1) is 21.5. The zero-order valence-corrected chi connectivity index (χ0v) is 25.7. The number of aromatic nitrogens is 2. The SMILES string of the molecule is COc1ccc(NC(=O)c2c(-c3cccnc3)c(-c3ccc(F)cc3)n(CC[C@@H](O)C[C@@H](O)CC(=O)O)c2C(C)C)c(OC)c1. The third-order valence-electron chi connectivity index (χ3n) is 7.44. The van der Waals surface area contributed by atoms with Gasteiger partial charge in [0.05, 0.1) is 49.8 Å². The molecule has 4 N–H and O–H groups in total. The average Bonchev–Trinajstić information content (AvgIpc) is 3.36. The predicted octanol–water partition coefficient (Wildman–Crippen LogP) is 5.73. The van der Waals surface area contributed by atoms with Crippen LogP contribution in [0.1, 0.15) is 55.1 Å². The number of methoxy groups -OCH3 is 2. The Hall–Kier alpha value is -4.74. The van der Waals surface area contributed by atoms with Crippen LogP contribution in [0.4, 0.5) is 10.1 Å². The summed E-state index contributed by atoms with van der Waals surface area (Å²) >= 11 is 0. The smallest absolute Gasteiger partial charge is 0.305 e. The van der Waals surface area contributed by atoms with E-state index in [2.05, 4.69) is 10.3 Å². The molecule has 1 amide bonds. The van der Waals surface area contributed by atoms with E-state index in [-0.39, 0.29) is 25.3 Å². The quantitative estimate of drug-likeness (QED) is 0.140. The molecule has 45 heavy (non-hydrogen) atoms. The maximum absolute atomic E-state index is 14.4. The standard InChI is InChI=1S/C34H38FN3O7/c1-20(2)32-31(34(43)37-27-12-11-26(44-3)18-28(27)45-4)30(22-6-5-14-36-19-22)33(21-7-9-23(35)10-8-21)38(32)15-13-24(39)16-25(40)17-29(41)42/h5-12,14,18-20,24-25,39-40H,13,15-17H2,1-4H3,(H,37,43)(H,41,42)/t24-,25-/m1/s1. The van der Waals surface area contributed by atoms with Crippen molar-refractivity contribution < 1.29 is 38.8 Å². The number of carbonyl (C=O) groups excluding carboxylic acids is 1. The third-order valence-corrected chi connectivity index (χ3v) is 7.44. The van der Waals surface area contributed by atoms with Gasteiger partial charge in [-0.3, -0.25) is 14.6 Å². The highest BCUT2D eigenvalue weighted by atomic mass is 19.1. The van der Waals surface area contributed by atoms with Crippen LogP contribution in [-0.2, 0) is 11.3 Å². The van der Waals surface area contributed by atoms with E-state index in [4.69, 9.17) is 14.6 Å². The van der Waals surface area contributed by atoms with Gasteiger partial charge in [0.2, 0.25) is 0 Å². The summed E-state index contributed by atoms with van der Waals surface area (Å²) in [5, 5.41) is 32.9. The molecular formula is C34H38FN3O7. The number of benzene rings is 2. The molecule has 4 aromatic rings. The van der Waals surface area contributed by atoms with Gasteiger partial charge in [0, 0.05) is 41.8 Å². The van der Waals surface area contributed by atoms with Crippen LogP contribution in [0.2, 0.25) is 0 Å². The van der Waals surface area contributed by atoms with Crippen molar-refractivity contribution in [2.45, 2.75) is 57.8 Å². The van der Waals surface area contributed by atoms with E-state index < -0.39 is 36.3 Å². The molecule has 10 nitrogen and oxygen atoms in total. The Morgan fingerprint density at radius 1 is 1.00 bits per heavy atom. The molecule has 2 atom stereocenters. The number of hydrogen-bond donors (Lipinski definition) is 4. The lowest BCUT2D eigenvalue weighted by molar-refractivity contribution is -0.139. The van der Waals surface area contributed by atoms with Gasteiger partial charge >= 0.3 is 5.97 Å². The Labute approximate surface area is 261 Å². The van der Waals surface area contributed by atoms with Crippen LogP contribution in [0.25, 0.3) is 22.4 Å². The van der Waals surface area contributed by atoms with Crippen molar-refractivity contribution in [2.75, 3.05) is 19.5 Å². The second kappa shape index (κ2) is 14.8. The molecule has 0 radical (unpaired) electrons. The summed E-state index contributed by atoms with van der Waals surface area (Å²) in [6, 6.07) is 14.6. The third kappa shape index (κ3) is 7.86. The molecule has 0 bridgehead atoms. The van der Waals surface area contributed by atoms with E-state index in [1.54, 1.807) is 48.8 Å². The highest BCUT2D eigenvalue weighted by molar-refractivity contribution is 6.13. The Kier molecular flexibility index (Phi) is 10.9. The van der Waals surface area contributed by atoms with Gasteiger partial charge in [-0.05, 0) is 66.8 Å². The lowest BCUT2D eigenvalue weighted by Gasteiger charge is -2.20. The molecule has 0 saturated carbocycles. The molecule has 0 aliphatic carbocycles. The van der Waals surface area contributed by atoms with Gasteiger partial charge in [-0.1, -0.05) is 19.9 Å². The molecule has 11 heteroatoms. The normalized spacial score (nSPS) is 12.5. The lowest BCUT2D eigenvalue weighted by atomic mass is 9.95. The van der Waals surface area contributed by atoms with Crippen LogP contribution in [0.3, 0.4) is 0 Å². The molecular weight excluding hydrogens is 581 g/mol. The summed E-state index contributed by atoms with van der Waals surface area (Å²) in [7, 11) is 3.03. The zero-order chi connectivity index (χ0) is 32.7. The minimum absolute atomic E-state index is 0.128. The number of ether oxygens (including phenoxy) is 2. The van der Waals surface area contributed by atoms with E-state index in [1.165, 1.54) is 26.4 Å². The number of aliphatic hydroxyl groups excluding tert-OH is 2. The first-order valence-corrected chi connectivity index (χ1v) is 14.6. The van der Waals surface area contributed by atoms with Crippen LogP contribution in [0.5, 0.6) is 11.5 Å². The molecule has 0 spiro atoms. The van der Waals surface area contributed by atoms with Gasteiger partial charge in [0.15, 0.2) is 0 Å². The van der Waals surface area contributed by atoms with Gasteiger partial charge < -0.3 is 34.7 Å². The molecule has 0 aliphatic heterocycles. The maximum atomic E-state index is 14.4. The van der Waals surface area contributed by atoms with Crippen molar-refractivity contribution in [3.05, 3.63) is 84.1 Å². The average molecular weight is 620 g/mol. The molecule has 0 unspecified atom stereocenters. The molecule has 2 aromatic heterocycles. The lowest BCUT2D eigenvalue weighted by Crippen LogP contribution is -2.22. The van der Waals surface area contributed by atoms with Crippen molar-refractivity contribution in [3.63, 3.8) is 0 Å². The summed E-state index contributed by atoms with van der Waals surface area (Å²) in [6.07, 6.45) is 0.583. The topological polar surface area (TPSA) is 143 Å². The highest BCUT2D eigenvalue weighted by Crippen LogP contribution is 2.43. The number of aliphatic hydroxyl groups is 2. The number of aliphatic carboxylic acids is 1. The first kappa shape index (κ1) is 33.2. The second-order valence-electron chi connectivity index (χ2n) is 11.0. The molecule has 0 saturated heterocycles. The largest absolute Gasteiger partial charge is 0.497 e. The number of nitrogens with zero attached hydrogens (tertiary/aromatic N) is 2. The fourth-order valence-electron chi connectivity index (χ4n) is 5.48. The molecule has 0 fully saturated rings. The molecule has 2 aromatic carbocycles. The summed E-state index contributed by atoms with van der Waals surface area (Å²) in [6.45, 7) is 4.11. The van der Waals surface area contributed by atoms with Crippen LogP contribution in [0.15, 0.2) is 67.0 Å². The summed E-state index contributed by atoms with van der Waals surface area (Å²) in [5.41, 5.74) is 3.95. The Bertz CT molecular complexity index is 1620. The van der Waals surface area contributed by atoms with Gasteiger partial charge in [-0.25, -0.2) is 4.39 Å². The van der Waals surface area contributed by atoms with E-state index in [0.717, 1.165) is 0 Å². The van der Waals surface area contributed by atoms with Crippen molar-refractivity contribution in [1.29, 1.82) is 0 Å². The Morgan fingerprint density at radius 3 is 2.33 bits per heavy atom. The summed E-state index contributed by atoms with van der Waals surface area (Å²) in [5.74, 6) is -1.23. The second-order valence-corrected chi connectivity index (χ2v) is 11.0. The molecule has 4 rings (SSSR count). The molecule has 0 aliphatic rings. The van der Waals surface area contributed by atoms with Crippen molar-refractivity contribution in [3.8, 4) is 33.9 Å². The van der Waals surface area contributed by atoms with Crippen molar-refractivity contribution in [1.82, 2.24) is 9.55 Å². The van der Waals surface area contributed by atoms with Crippen molar-refractivity contribution in [2.24, 2.45) is 0 Å². The van der Waals surface area contributed by atoms with E-state index in [9.17, 15) is 24.2 Å². The van der Waals surface area contributed by atoms with Crippen LogP contribution >= 0.6 is 0 Å². The maximum Gasteiger partial charge on any atom is 0.305 e. The summed E-state index contributed by atoms with van der Waals surface area (Å²) < 4.78 is 26.9. The van der Waals surface area contributed by atoms with Gasteiger partial charge in [0.1, 0.15) is 17.3 Å². The number of halogens is 1. The highest BCUT2D eigenvalue weighted by Gasteiger charge is 2.31. The number of anilines is 1. The van der Waals surface area contributed by atoms with E-state index >= 15 is 0 Å². The van der Waals surface area contributed by atoms with Crippen LogP contribution in [0, 0.1) is 5.82 Å². The van der Waals surface area contributed by atoms with Crippen LogP contribution in [-0.4, -0.2) is 63.2 Å². The fourth-order valence-corrected chi connectivity index (χ4v) is 5.48. The minimum atomic E-state index is -1.21. The molecule has 238 valence electrons. The first-order valence-electron chi connectivity index (χ1n) is 14.6. The summed E-state index contributed by atoms with van der Waals surface area (Å²) in [4.78, 5) is 29.7. The van der Waals surface area contributed by atoms with Gasteiger partial charge in [0.25, 0.3) is 5.91 Å². The number of carboxylic acids is 1. The fraction of sp³-hybridized carbons (Fsp3) is 0.324. The van der Waals surface area contributed by atoms with E-state index in [1.807, 2.05) is 24.5 Å². The number of carbonyl (C=O) groups is 2. The number of rotatable bonds is 14. The number of pyridine rings is 1. The van der Waals surface area contributed by atoms with Crippen molar-refractivity contribution >= 4 is 17.6 Å². The van der Waals surface area contributed by atoms with Crippen LogP contribution < -0.4 is 14.8 Å². The number of hydrogen-bond acceptors (Lipinski definition) is 7. The number of carboxylic acid groups (broad SMARTS) is 1. The molecule has 2 heterocycles.